The molecular formula is C17H18ClN3O. The van der Waals surface area contributed by atoms with Gasteiger partial charge in [-0.15, -0.1) is 0 Å². The molecule has 1 aliphatic rings. The van der Waals surface area contributed by atoms with Gasteiger partial charge in [0.2, 0.25) is 0 Å². The zero-order valence-electron chi connectivity index (χ0n) is 12.3. The molecule has 0 aliphatic carbocycles. The van der Waals surface area contributed by atoms with Crippen LogP contribution in [0.2, 0.25) is 5.02 Å². The molecule has 114 valence electrons. The van der Waals surface area contributed by atoms with Gasteiger partial charge in [-0.2, -0.15) is 5.26 Å². The van der Waals surface area contributed by atoms with Crippen LogP contribution in [-0.4, -0.2) is 29.3 Å². The molecule has 1 unspecified atom stereocenters. The molecule has 0 spiro atoms. The molecule has 0 saturated carbocycles. The summed E-state index contributed by atoms with van der Waals surface area (Å²) in [5.41, 5.74) is 1.38. The van der Waals surface area contributed by atoms with Crippen LogP contribution in [0.25, 0.3) is 10.9 Å². The number of halogens is 1. The van der Waals surface area contributed by atoms with E-state index in [1.165, 1.54) is 6.42 Å². The Balaban J connectivity index is 2.06. The van der Waals surface area contributed by atoms with Crippen LogP contribution in [0.4, 0.5) is 5.82 Å². The third-order valence-electron chi connectivity index (χ3n) is 4.26. The highest BCUT2D eigenvalue weighted by Crippen LogP contribution is 2.29. The number of benzene rings is 1. The first-order chi connectivity index (χ1) is 10.7. The van der Waals surface area contributed by atoms with E-state index in [1.54, 1.807) is 12.1 Å². The van der Waals surface area contributed by atoms with Gasteiger partial charge in [0.05, 0.1) is 17.1 Å². The maximum atomic E-state index is 9.44. The van der Waals surface area contributed by atoms with Crippen molar-refractivity contribution in [2.24, 2.45) is 0 Å². The normalized spacial score (nSPS) is 18.4. The van der Waals surface area contributed by atoms with Gasteiger partial charge in [-0.05, 0) is 49.9 Å². The Labute approximate surface area is 134 Å². The number of aliphatic hydroxyl groups is 1. The van der Waals surface area contributed by atoms with Crippen LogP contribution < -0.4 is 4.90 Å². The van der Waals surface area contributed by atoms with Gasteiger partial charge in [-0.3, -0.25) is 0 Å². The summed E-state index contributed by atoms with van der Waals surface area (Å²) in [4.78, 5) is 6.95. The summed E-state index contributed by atoms with van der Waals surface area (Å²) < 4.78 is 0. The third-order valence-corrected chi connectivity index (χ3v) is 4.50. The monoisotopic (exact) mass is 315 g/mol. The van der Waals surface area contributed by atoms with E-state index >= 15 is 0 Å². The molecule has 1 aliphatic heterocycles. The molecule has 3 rings (SSSR count). The molecule has 1 fully saturated rings. The SMILES string of the molecule is N#Cc1cc(N2CCCCC2CCO)nc2ccc(Cl)cc12. The zero-order valence-corrected chi connectivity index (χ0v) is 13.1. The summed E-state index contributed by atoms with van der Waals surface area (Å²) in [6.45, 7) is 1.09. The average molecular weight is 316 g/mol. The Bertz CT molecular complexity index is 724. The van der Waals surface area contributed by atoms with Crippen LogP contribution in [0, 0.1) is 11.3 Å². The van der Waals surface area contributed by atoms with Crippen molar-refractivity contribution in [3.8, 4) is 6.07 Å². The van der Waals surface area contributed by atoms with E-state index in [0.717, 1.165) is 42.5 Å². The molecule has 22 heavy (non-hydrogen) atoms. The summed E-state index contributed by atoms with van der Waals surface area (Å²) in [6.07, 6.45) is 4.09. The minimum atomic E-state index is 0.176. The van der Waals surface area contributed by atoms with Crippen molar-refractivity contribution in [3.63, 3.8) is 0 Å². The first kappa shape index (κ1) is 15.1. The van der Waals surface area contributed by atoms with Gasteiger partial charge in [0.25, 0.3) is 0 Å². The van der Waals surface area contributed by atoms with Crippen molar-refractivity contribution in [2.45, 2.75) is 31.7 Å². The predicted octanol–water partition coefficient (Wildman–Crippen LogP) is 3.50. The van der Waals surface area contributed by atoms with Crippen LogP contribution in [-0.2, 0) is 0 Å². The molecule has 5 heteroatoms. The van der Waals surface area contributed by atoms with Crippen molar-refractivity contribution in [3.05, 3.63) is 34.9 Å². The molecular weight excluding hydrogens is 298 g/mol. The lowest BCUT2D eigenvalue weighted by molar-refractivity contribution is 0.262. The van der Waals surface area contributed by atoms with Crippen LogP contribution in [0.15, 0.2) is 24.3 Å². The smallest absolute Gasteiger partial charge is 0.130 e. The maximum Gasteiger partial charge on any atom is 0.130 e. The van der Waals surface area contributed by atoms with Gasteiger partial charge in [0.1, 0.15) is 5.82 Å². The summed E-state index contributed by atoms with van der Waals surface area (Å²) >= 11 is 6.03. The highest BCUT2D eigenvalue weighted by Gasteiger charge is 2.24. The Morgan fingerprint density at radius 3 is 3.00 bits per heavy atom. The number of rotatable bonds is 3. The number of nitrogens with zero attached hydrogens (tertiary/aromatic N) is 3. The highest BCUT2D eigenvalue weighted by molar-refractivity contribution is 6.31. The number of hydrogen-bond donors (Lipinski definition) is 1. The fourth-order valence-corrected chi connectivity index (χ4v) is 3.35. The summed E-state index contributed by atoms with van der Waals surface area (Å²) in [7, 11) is 0. The Kier molecular flexibility index (Phi) is 4.47. The van der Waals surface area contributed by atoms with E-state index in [9.17, 15) is 10.4 Å². The predicted molar refractivity (Wildman–Crippen MR) is 88.2 cm³/mol. The van der Waals surface area contributed by atoms with E-state index in [-0.39, 0.29) is 6.61 Å². The van der Waals surface area contributed by atoms with Crippen molar-refractivity contribution in [1.82, 2.24) is 4.98 Å². The molecule has 2 heterocycles. The second-order valence-electron chi connectivity index (χ2n) is 5.66. The number of piperidine rings is 1. The van der Waals surface area contributed by atoms with E-state index < -0.39 is 0 Å². The van der Waals surface area contributed by atoms with Crippen LogP contribution in [0.3, 0.4) is 0 Å². The number of nitriles is 1. The fourth-order valence-electron chi connectivity index (χ4n) is 3.17. The second-order valence-corrected chi connectivity index (χ2v) is 6.09. The van der Waals surface area contributed by atoms with Gasteiger partial charge in [0, 0.05) is 29.6 Å². The molecule has 1 N–H and O–H groups in total. The lowest BCUT2D eigenvalue weighted by Crippen LogP contribution is -2.40. The van der Waals surface area contributed by atoms with E-state index in [4.69, 9.17) is 16.6 Å². The zero-order chi connectivity index (χ0) is 15.5. The summed E-state index contributed by atoms with van der Waals surface area (Å²) in [6, 6.07) is 9.82. The van der Waals surface area contributed by atoms with E-state index in [0.29, 0.717) is 16.6 Å². The molecule has 1 saturated heterocycles. The molecule has 1 atom stereocenters. The Morgan fingerprint density at radius 2 is 2.23 bits per heavy atom. The van der Waals surface area contributed by atoms with Gasteiger partial charge in [-0.1, -0.05) is 11.6 Å². The molecule has 0 bridgehead atoms. The maximum absolute atomic E-state index is 9.44. The van der Waals surface area contributed by atoms with Crippen LogP contribution in [0.1, 0.15) is 31.2 Å². The second kappa shape index (κ2) is 6.51. The molecule has 0 radical (unpaired) electrons. The van der Waals surface area contributed by atoms with Gasteiger partial charge in [0.15, 0.2) is 0 Å². The van der Waals surface area contributed by atoms with E-state index in [2.05, 4.69) is 11.0 Å². The third kappa shape index (κ3) is 2.87. The largest absolute Gasteiger partial charge is 0.396 e. The number of aromatic nitrogens is 1. The van der Waals surface area contributed by atoms with Crippen molar-refractivity contribution in [1.29, 1.82) is 5.26 Å². The molecule has 1 aromatic heterocycles. The van der Waals surface area contributed by atoms with Crippen molar-refractivity contribution >= 4 is 28.3 Å². The number of pyridine rings is 1. The van der Waals surface area contributed by atoms with Gasteiger partial charge < -0.3 is 10.0 Å². The lowest BCUT2D eigenvalue weighted by Gasteiger charge is -2.36. The van der Waals surface area contributed by atoms with E-state index in [1.807, 2.05) is 12.1 Å². The molecule has 4 nitrogen and oxygen atoms in total. The lowest BCUT2D eigenvalue weighted by atomic mass is 9.99. The fraction of sp³-hybridized carbons (Fsp3) is 0.412. The van der Waals surface area contributed by atoms with Gasteiger partial charge >= 0.3 is 0 Å². The first-order valence-electron chi connectivity index (χ1n) is 7.61. The summed E-state index contributed by atoms with van der Waals surface area (Å²) in [5.74, 6) is 0.824. The average Bonchev–Trinajstić information content (AvgIpc) is 2.55. The number of aliphatic hydroxyl groups excluding tert-OH is 1. The molecule has 0 amide bonds. The first-order valence-corrected chi connectivity index (χ1v) is 7.98. The Hall–Kier alpha value is -1.83. The van der Waals surface area contributed by atoms with Crippen LogP contribution in [0.5, 0.6) is 0 Å². The van der Waals surface area contributed by atoms with Crippen molar-refractivity contribution in [2.75, 3.05) is 18.1 Å². The quantitative estimate of drug-likeness (QED) is 0.941. The standard InChI is InChI=1S/C17H18ClN3O/c18-13-4-5-16-15(10-13)12(11-19)9-17(20-16)21-7-2-1-3-14(21)6-8-22/h4-5,9-10,14,22H,1-3,6-8H2. The molecule has 2 aromatic rings. The minimum Gasteiger partial charge on any atom is -0.396 e. The minimum absolute atomic E-state index is 0.176. The Morgan fingerprint density at radius 1 is 1.36 bits per heavy atom. The van der Waals surface area contributed by atoms with Crippen LogP contribution >= 0.6 is 11.6 Å². The number of hydrogen-bond acceptors (Lipinski definition) is 4. The highest BCUT2D eigenvalue weighted by atomic mass is 35.5. The van der Waals surface area contributed by atoms with Crippen molar-refractivity contribution < 1.29 is 5.11 Å². The van der Waals surface area contributed by atoms with Gasteiger partial charge in [-0.25, -0.2) is 4.98 Å². The molecule has 1 aromatic carbocycles. The number of anilines is 1. The topological polar surface area (TPSA) is 60.2 Å². The summed E-state index contributed by atoms with van der Waals surface area (Å²) in [5, 5.41) is 20.1. The number of fused-ring (bicyclic) bond motifs is 1.